The second-order valence-corrected chi connectivity index (χ2v) is 9.78. The van der Waals surface area contributed by atoms with E-state index in [2.05, 4.69) is 28.5 Å². The zero-order valence-corrected chi connectivity index (χ0v) is 18.7. The molecule has 4 unspecified atom stereocenters. The van der Waals surface area contributed by atoms with E-state index in [9.17, 15) is 4.79 Å². The Kier molecular flexibility index (Phi) is 4.68. The number of hydrogen-bond acceptors (Lipinski definition) is 4. The second kappa shape index (κ2) is 7.59. The predicted octanol–water partition coefficient (Wildman–Crippen LogP) is 4.46. The second-order valence-electron chi connectivity index (χ2n) is 9.78. The smallest absolute Gasteiger partial charge is 0.203 e. The van der Waals surface area contributed by atoms with Gasteiger partial charge in [-0.05, 0) is 81.7 Å². The number of hydrogen-bond donors (Lipinski definition) is 1. The standard InChI is InChI=1S/C27H29N3O2/c1-16-14-30-15-22(10-24(30)13-28-16)25-11-20-6-4-18(7-26(20)32-17(2)27(25)31)3-5-19-8-23-9-21(19)12-29-23/h4,6-7,10-11,13-15,17,19,21,23,29H,3,5,8-9,12H2,1-2H3. The highest BCUT2D eigenvalue weighted by molar-refractivity contribution is 6.27. The van der Waals surface area contributed by atoms with Gasteiger partial charge in [0.25, 0.3) is 0 Å². The molecule has 1 N–H and O–H groups in total. The van der Waals surface area contributed by atoms with E-state index in [1.54, 1.807) is 0 Å². The molecule has 1 saturated carbocycles. The summed E-state index contributed by atoms with van der Waals surface area (Å²) >= 11 is 0. The summed E-state index contributed by atoms with van der Waals surface area (Å²) < 4.78 is 8.17. The number of piperidine rings is 1. The molecule has 1 aromatic carbocycles. The molecule has 3 aromatic rings. The number of carbonyl (C=O) groups excluding carboxylic acids is 1. The molecule has 2 aromatic heterocycles. The van der Waals surface area contributed by atoms with Gasteiger partial charge in [-0.1, -0.05) is 12.1 Å². The normalized spacial score (nSPS) is 26.7. The number of benzene rings is 1. The number of fused-ring (bicyclic) bond motifs is 4. The van der Waals surface area contributed by atoms with Crippen LogP contribution in [0.2, 0.25) is 0 Å². The Hall–Kier alpha value is -2.92. The lowest BCUT2D eigenvalue weighted by Crippen LogP contribution is -2.29. The van der Waals surface area contributed by atoms with Gasteiger partial charge in [0.05, 0.1) is 17.4 Å². The van der Waals surface area contributed by atoms with Crippen molar-refractivity contribution in [2.45, 2.75) is 51.7 Å². The third-order valence-corrected chi connectivity index (χ3v) is 7.55. The lowest BCUT2D eigenvalue weighted by atomic mass is 9.89. The van der Waals surface area contributed by atoms with E-state index in [1.807, 2.05) is 49.0 Å². The lowest BCUT2D eigenvalue weighted by molar-refractivity contribution is -0.119. The van der Waals surface area contributed by atoms with Crippen molar-refractivity contribution in [3.8, 4) is 5.75 Å². The number of ketones is 1. The molecule has 2 bridgehead atoms. The summed E-state index contributed by atoms with van der Waals surface area (Å²) in [7, 11) is 0. The Morgan fingerprint density at radius 2 is 2.12 bits per heavy atom. The Balaban J connectivity index is 1.28. The average molecular weight is 428 g/mol. The molecule has 5 heteroatoms. The number of carbonyl (C=O) groups is 1. The summed E-state index contributed by atoms with van der Waals surface area (Å²) in [5, 5.41) is 3.61. The van der Waals surface area contributed by atoms with Crippen molar-refractivity contribution >= 4 is 22.9 Å². The van der Waals surface area contributed by atoms with Gasteiger partial charge in [0.1, 0.15) is 5.75 Å². The van der Waals surface area contributed by atoms with Crippen LogP contribution in [0, 0.1) is 18.8 Å². The van der Waals surface area contributed by atoms with Crippen LogP contribution >= 0.6 is 0 Å². The minimum absolute atomic E-state index is 0.0119. The van der Waals surface area contributed by atoms with Crippen molar-refractivity contribution < 1.29 is 9.53 Å². The molecular weight excluding hydrogens is 398 g/mol. The average Bonchev–Trinajstić information content (AvgIpc) is 3.49. The highest BCUT2D eigenvalue weighted by Crippen LogP contribution is 2.39. The number of nitrogens with zero attached hydrogens (tertiary/aromatic N) is 2. The molecule has 3 aliphatic rings. The van der Waals surface area contributed by atoms with Gasteiger partial charge in [-0.25, -0.2) is 0 Å². The maximum Gasteiger partial charge on any atom is 0.203 e. The van der Waals surface area contributed by atoms with Gasteiger partial charge in [0.15, 0.2) is 6.10 Å². The molecule has 32 heavy (non-hydrogen) atoms. The molecule has 5 nitrogen and oxygen atoms in total. The molecule has 0 radical (unpaired) electrons. The first-order valence-corrected chi connectivity index (χ1v) is 11.8. The van der Waals surface area contributed by atoms with E-state index in [4.69, 9.17) is 4.74 Å². The largest absolute Gasteiger partial charge is 0.482 e. The first-order chi connectivity index (χ1) is 15.5. The van der Waals surface area contributed by atoms with E-state index in [1.165, 1.54) is 31.4 Å². The van der Waals surface area contributed by atoms with Crippen LogP contribution in [0.3, 0.4) is 0 Å². The first kappa shape index (κ1) is 19.7. The monoisotopic (exact) mass is 427 g/mol. The molecular formula is C27H29N3O2. The highest BCUT2D eigenvalue weighted by atomic mass is 16.5. The Morgan fingerprint density at radius 3 is 2.94 bits per heavy atom. The lowest BCUT2D eigenvalue weighted by Gasteiger charge is -2.22. The fourth-order valence-corrected chi connectivity index (χ4v) is 5.78. The number of rotatable bonds is 4. The van der Waals surface area contributed by atoms with Crippen molar-refractivity contribution in [3.63, 3.8) is 0 Å². The van der Waals surface area contributed by atoms with Gasteiger partial charge in [0, 0.05) is 35.1 Å². The van der Waals surface area contributed by atoms with Crippen LogP contribution in [0.15, 0.2) is 42.9 Å². The zero-order chi connectivity index (χ0) is 21.8. The van der Waals surface area contributed by atoms with Crippen LogP contribution < -0.4 is 10.1 Å². The van der Waals surface area contributed by atoms with E-state index in [0.29, 0.717) is 5.57 Å². The van der Waals surface area contributed by atoms with Crippen LogP contribution in [0.1, 0.15) is 48.6 Å². The molecule has 6 rings (SSSR count). The predicted molar refractivity (Wildman–Crippen MR) is 126 cm³/mol. The fraction of sp³-hybridized carbons (Fsp3) is 0.407. The third-order valence-electron chi connectivity index (χ3n) is 7.55. The quantitative estimate of drug-likeness (QED) is 0.668. The van der Waals surface area contributed by atoms with Crippen LogP contribution in [-0.2, 0) is 11.2 Å². The van der Waals surface area contributed by atoms with Gasteiger partial charge >= 0.3 is 0 Å². The van der Waals surface area contributed by atoms with Crippen LogP contribution in [0.5, 0.6) is 5.75 Å². The fourth-order valence-electron chi connectivity index (χ4n) is 5.78. The summed E-state index contributed by atoms with van der Waals surface area (Å²) in [6.45, 7) is 5.01. The van der Waals surface area contributed by atoms with Crippen molar-refractivity contribution in [2.75, 3.05) is 6.54 Å². The minimum Gasteiger partial charge on any atom is -0.482 e. The molecule has 2 aliphatic heterocycles. The molecule has 4 heterocycles. The molecule has 164 valence electrons. The van der Waals surface area contributed by atoms with Crippen LogP contribution in [0.25, 0.3) is 17.2 Å². The number of Topliss-reactive ketones (excluding diaryl/α,β-unsaturated/α-hetero) is 1. The van der Waals surface area contributed by atoms with Gasteiger partial charge in [0.2, 0.25) is 5.78 Å². The van der Waals surface area contributed by atoms with E-state index in [0.717, 1.165) is 52.4 Å². The maximum atomic E-state index is 13.2. The Morgan fingerprint density at radius 1 is 1.22 bits per heavy atom. The van der Waals surface area contributed by atoms with Crippen LogP contribution in [-0.4, -0.2) is 33.9 Å². The van der Waals surface area contributed by atoms with Crippen LogP contribution in [0.4, 0.5) is 0 Å². The van der Waals surface area contributed by atoms with Gasteiger partial charge in [-0.15, -0.1) is 0 Å². The summed E-state index contributed by atoms with van der Waals surface area (Å²) in [5.74, 6) is 2.53. The Labute approximate surface area is 188 Å². The molecule has 0 spiro atoms. The molecule has 1 aliphatic carbocycles. The van der Waals surface area contributed by atoms with E-state index < -0.39 is 6.10 Å². The summed E-state index contributed by atoms with van der Waals surface area (Å²) in [6.07, 6.45) is 12.3. The Bertz CT molecular complexity index is 1240. The van der Waals surface area contributed by atoms with E-state index in [-0.39, 0.29) is 5.78 Å². The first-order valence-electron chi connectivity index (χ1n) is 11.8. The SMILES string of the molecule is Cc1cn2cc(C3=Cc4ccc(CCC5CC6CC5CN6)cc4OC(C)C3=O)cc2cn1. The molecule has 4 atom stereocenters. The van der Waals surface area contributed by atoms with Crippen molar-refractivity contribution in [1.82, 2.24) is 14.7 Å². The van der Waals surface area contributed by atoms with Gasteiger partial charge < -0.3 is 14.5 Å². The molecule has 0 amide bonds. The number of aryl methyl sites for hydroxylation is 2. The highest BCUT2D eigenvalue weighted by Gasteiger charge is 2.38. The molecule has 2 fully saturated rings. The van der Waals surface area contributed by atoms with Crippen molar-refractivity contribution in [2.24, 2.45) is 11.8 Å². The number of ether oxygens (including phenoxy) is 1. The number of aromatic nitrogens is 2. The minimum atomic E-state index is -0.516. The maximum absolute atomic E-state index is 13.2. The molecule has 1 saturated heterocycles. The topological polar surface area (TPSA) is 55.6 Å². The zero-order valence-electron chi connectivity index (χ0n) is 18.7. The van der Waals surface area contributed by atoms with Gasteiger partial charge in [-0.3, -0.25) is 9.78 Å². The third kappa shape index (κ3) is 3.45. The number of nitrogens with one attached hydrogen (secondary N) is 1. The van der Waals surface area contributed by atoms with Crippen molar-refractivity contribution in [1.29, 1.82) is 0 Å². The van der Waals surface area contributed by atoms with E-state index >= 15 is 0 Å². The summed E-state index contributed by atoms with van der Waals surface area (Å²) in [5.41, 5.74) is 5.78. The van der Waals surface area contributed by atoms with Gasteiger partial charge in [-0.2, -0.15) is 0 Å². The van der Waals surface area contributed by atoms with Crippen molar-refractivity contribution in [3.05, 3.63) is 65.2 Å². The summed E-state index contributed by atoms with van der Waals surface area (Å²) in [4.78, 5) is 17.6. The summed E-state index contributed by atoms with van der Waals surface area (Å²) in [6, 6.07) is 9.23.